The molecule has 0 atom stereocenters. The minimum Gasteiger partial charge on any atom is -0.396 e. The standard InChI is InChI=1S/C17H24N2O3/c1-3-17(12-20)7-9-19(10-8-17)16(22)15(21)18-14-6-4-5-13(2)11-14/h4-6,11,20H,3,7-10,12H2,1-2H3,(H,18,21). The molecule has 0 radical (unpaired) electrons. The lowest BCUT2D eigenvalue weighted by molar-refractivity contribution is -0.145. The maximum Gasteiger partial charge on any atom is 0.313 e. The highest BCUT2D eigenvalue weighted by Gasteiger charge is 2.35. The molecule has 0 unspecified atom stereocenters. The third-order valence-corrected chi connectivity index (χ3v) is 4.67. The van der Waals surface area contributed by atoms with Crippen LogP contribution in [0.3, 0.4) is 0 Å². The minimum absolute atomic E-state index is 0.0935. The van der Waals surface area contributed by atoms with Crippen molar-refractivity contribution in [2.75, 3.05) is 25.0 Å². The molecule has 0 aromatic heterocycles. The van der Waals surface area contributed by atoms with Gasteiger partial charge in [-0.05, 0) is 49.3 Å². The Kier molecular flexibility index (Phi) is 5.19. The fraction of sp³-hybridized carbons (Fsp3) is 0.529. The zero-order chi connectivity index (χ0) is 16.2. The van der Waals surface area contributed by atoms with Crippen molar-refractivity contribution in [3.8, 4) is 0 Å². The van der Waals surface area contributed by atoms with Gasteiger partial charge in [0.15, 0.2) is 0 Å². The number of carbonyl (C=O) groups is 2. The predicted octanol–water partition coefficient (Wildman–Crippen LogP) is 1.94. The van der Waals surface area contributed by atoms with Crippen molar-refractivity contribution in [1.29, 1.82) is 0 Å². The van der Waals surface area contributed by atoms with E-state index in [0.717, 1.165) is 24.8 Å². The van der Waals surface area contributed by atoms with E-state index in [1.807, 2.05) is 25.1 Å². The van der Waals surface area contributed by atoms with E-state index in [-0.39, 0.29) is 12.0 Å². The van der Waals surface area contributed by atoms with Gasteiger partial charge in [0.25, 0.3) is 0 Å². The van der Waals surface area contributed by atoms with E-state index in [9.17, 15) is 14.7 Å². The van der Waals surface area contributed by atoms with Crippen molar-refractivity contribution in [1.82, 2.24) is 4.90 Å². The van der Waals surface area contributed by atoms with Gasteiger partial charge in [-0.15, -0.1) is 0 Å². The molecule has 1 aliphatic heterocycles. The van der Waals surface area contributed by atoms with Crippen LogP contribution in [0.2, 0.25) is 0 Å². The van der Waals surface area contributed by atoms with Crippen molar-refractivity contribution in [2.45, 2.75) is 33.1 Å². The van der Waals surface area contributed by atoms with E-state index < -0.39 is 11.8 Å². The molecule has 2 amide bonds. The number of aliphatic hydroxyl groups is 1. The number of hydrogen-bond acceptors (Lipinski definition) is 3. The van der Waals surface area contributed by atoms with Gasteiger partial charge < -0.3 is 15.3 Å². The fourth-order valence-corrected chi connectivity index (χ4v) is 2.86. The number of nitrogens with zero attached hydrogens (tertiary/aromatic N) is 1. The van der Waals surface area contributed by atoms with Crippen molar-refractivity contribution in [2.24, 2.45) is 5.41 Å². The van der Waals surface area contributed by atoms with Crippen LogP contribution >= 0.6 is 0 Å². The molecular weight excluding hydrogens is 280 g/mol. The second kappa shape index (κ2) is 6.92. The van der Waals surface area contributed by atoms with Gasteiger partial charge in [0.2, 0.25) is 0 Å². The molecule has 2 N–H and O–H groups in total. The number of carbonyl (C=O) groups excluding carboxylic acids is 2. The Labute approximate surface area is 131 Å². The van der Waals surface area contributed by atoms with Gasteiger partial charge >= 0.3 is 11.8 Å². The minimum atomic E-state index is -0.599. The summed E-state index contributed by atoms with van der Waals surface area (Å²) < 4.78 is 0. The molecule has 22 heavy (non-hydrogen) atoms. The van der Waals surface area contributed by atoms with Crippen LogP contribution < -0.4 is 5.32 Å². The molecule has 0 saturated carbocycles. The molecule has 1 aromatic rings. The smallest absolute Gasteiger partial charge is 0.313 e. The van der Waals surface area contributed by atoms with Crippen molar-refractivity contribution >= 4 is 17.5 Å². The van der Waals surface area contributed by atoms with Gasteiger partial charge in [-0.3, -0.25) is 9.59 Å². The number of nitrogens with one attached hydrogen (secondary N) is 1. The first-order valence-corrected chi connectivity index (χ1v) is 7.77. The van der Waals surface area contributed by atoms with Crippen molar-refractivity contribution in [3.63, 3.8) is 0 Å². The zero-order valence-corrected chi connectivity index (χ0v) is 13.3. The topological polar surface area (TPSA) is 69.6 Å². The van der Waals surface area contributed by atoms with Crippen LogP contribution in [-0.2, 0) is 9.59 Å². The number of benzene rings is 1. The highest BCUT2D eigenvalue weighted by Crippen LogP contribution is 2.34. The summed E-state index contributed by atoms with van der Waals surface area (Å²) in [7, 11) is 0. The normalized spacial score (nSPS) is 17.1. The van der Waals surface area contributed by atoms with Gasteiger partial charge in [0.1, 0.15) is 0 Å². The molecule has 0 aliphatic carbocycles. The third kappa shape index (κ3) is 3.65. The molecule has 0 spiro atoms. The van der Waals surface area contributed by atoms with Crippen LogP contribution in [0, 0.1) is 12.3 Å². The summed E-state index contributed by atoms with van der Waals surface area (Å²) in [6.45, 7) is 5.17. The highest BCUT2D eigenvalue weighted by atomic mass is 16.3. The Bertz CT molecular complexity index is 543. The summed E-state index contributed by atoms with van der Waals surface area (Å²) in [4.78, 5) is 25.9. The van der Waals surface area contributed by atoms with E-state index >= 15 is 0 Å². The van der Waals surface area contributed by atoms with Gasteiger partial charge in [0.05, 0.1) is 0 Å². The lowest BCUT2D eigenvalue weighted by Gasteiger charge is -2.39. The van der Waals surface area contributed by atoms with Crippen LogP contribution in [0.1, 0.15) is 31.7 Å². The summed E-state index contributed by atoms with van der Waals surface area (Å²) in [5.74, 6) is -1.09. The van der Waals surface area contributed by atoms with E-state index in [1.165, 1.54) is 0 Å². The fourth-order valence-electron chi connectivity index (χ4n) is 2.86. The number of aryl methyl sites for hydroxylation is 1. The average Bonchev–Trinajstić information content (AvgIpc) is 2.54. The average molecular weight is 304 g/mol. The molecule has 1 aromatic carbocycles. The molecular formula is C17H24N2O3. The summed E-state index contributed by atoms with van der Waals surface area (Å²) in [5.41, 5.74) is 1.57. The quantitative estimate of drug-likeness (QED) is 0.839. The molecule has 0 bridgehead atoms. The zero-order valence-electron chi connectivity index (χ0n) is 13.3. The maximum atomic E-state index is 12.2. The van der Waals surface area contributed by atoms with E-state index in [2.05, 4.69) is 12.2 Å². The van der Waals surface area contributed by atoms with E-state index in [0.29, 0.717) is 18.8 Å². The van der Waals surface area contributed by atoms with Crippen molar-refractivity contribution < 1.29 is 14.7 Å². The summed E-state index contributed by atoms with van der Waals surface area (Å²) in [6.07, 6.45) is 2.37. The van der Waals surface area contributed by atoms with Crippen LogP contribution in [0.15, 0.2) is 24.3 Å². The van der Waals surface area contributed by atoms with Gasteiger partial charge in [-0.25, -0.2) is 0 Å². The van der Waals surface area contributed by atoms with Gasteiger partial charge in [-0.2, -0.15) is 0 Å². The number of piperidine rings is 1. The first kappa shape index (κ1) is 16.5. The number of hydrogen-bond donors (Lipinski definition) is 2. The molecule has 2 rings (SSSR count). The predicted molar refractivity (Wildman–Crippen MR) is 85.4 cm³/mol. The Hall–Kier alpha value is -1.88. The van der Waals surface area contributed by atoms with Crippen molar-refractivity contribution in [3.05, 3.63) is 29.8 Å². The Morgan fingerprint density at radius 2 is 2.00 bits per heavy atom. The third-order valence-electron chi connectivity index (χ3n) is 4.67. The molecule has 5 nitrogen and oxygen atoms in total. The molecule has 1 heterocycles. The first-order chi connectivity index (χ1) is 10.5. The molecule has 1 aliphatic rings. The number of amides is 2. The van der Waals surface area contributed by atoms with Gasteiger partial charge in [0, 0.05) is 25.4 Å². The highest BCUT2D eigenvalue weighted by molar-refractivity contribution is 6.39. The number of likely N-dealkylation sites (tertiary alicyclic amines) is 1. The molecule has 1 saturated heterocycles. The number of anilines is 1. The SMILES string of the molecule is CCC1(CO)CCN(C(=O)C(=O)Nc2cccc(C)c2)CC1. The second-order valence-corrected chi connectivity index (χ2v) is 6.13. The molecule has 1 fully saturated rings. The lowest BCUT2D eigenvalue weighted by atomic mass is 9.77. The largest absolute Gasteiger partial charge is 0.396 e. The monoisotopic (exact) mass is 304 g/mol. The summed E-state index contributed by atoms with van der Waals surface area (Å²) in [5, 5.41) is 12.2. The van der Waals surface area contributed by atoms with E-state index in [1.54, 1.807) is 11.0 Å². The number of aliphatic hydroxyl groups excluding tert-OH is 1. The second-order valence-electron chi connectivity index (χ2n) is 6.13. The Balaban J connectivity index is 1.93. The van der Waals surface area contributed by atoms with Gasteiger partial charge in [-0.1, -0.05) is 19.1 Å². The first-order valence-electron chi connectivity index (χ1n) is 7.77. The Morgan fingerprint density at radius 3 is 2.55 bits per heavy atom. The van der Waals surface area contributed by atoms with Crippen LogP contribution in [0.5, 0.6) is 0 Å². The lowest BCUT2D eigenvalue weighted by Crippen LogP contribution is -2.48. The summed E-state index contributed by atoms with van der Waals surface area (Å²) in [6, 6.07) is 7.37. The maximum absolute atomic E-state index is 12.2. The number of rotatable bonds is 3. The van der Waals surface area contributed by atoms with Crippen LogP contribution in [0.4, 0.5) is 5.69 Å². The van der Waals surface area contributed by atoms with Crippen LogP contribution in [0.25, 0.3) is 0 Å². The van der Waals surface area contributed by atoms with E-state index in [4.69, 9.17) is 0 Å². The summed E-state index contributed by atoms with van der Waals surface area (Å²) >= 11 is 0. The molecule has 5 heteroatoms. The van der Waals surface area contributed by atoms with Crippen LogP contribution in [-0.4, -0.2) is 41.5 Å². The molecule has 120 valence electrons. The Morgan fingerprint density at radius 1 is 1.32 bits per heavy atom.